The molecule has 84 valence electrons. The molecule has 0 aliphatic heterocycles. The number of rotatable bonds is 3. The molecular weight excluding hydrogens is 206 g/mol. The van der Waals surface area contributed by atoms with E-state index in [9.17, 15) is 4.79 Å². The second-order valence-electron chi connectivity index (χ2n) is 4.04. The lowest BCUT2D eigenvalue weighted by molar-refractivity contribution is 0.633. The fourth-order valence-corrected chi connectivity index (χ4v) is 1.47. The highest BCUT2D eigenvalue weighted by molar-refractivity contribution is 5.45. The highest BCUT2D eigenvalue weighted by atomic mass is 16.1. The number of hydrogen-bond donors (Lipinski definition) is 2. The highest BCUT2D eigenvalue weighted by Gasteiger charge is 2.07. The molecule has 6 heteroatoms. The van der Waals surface area contributed by atoms with Gasteiger partial charge < -0.3 is 4.98 Å². The first kappa shape index (κ1) is 10.5. The zero-order chi connectivity index (χ0) is 11.5. The zero-order valence-electron chi connectivity index (χ0n) is 9.19. The maximum Gasteiger partial charge on any atom is 0.251 e. The van der Waals surface area contributed by atoms with Crippen molar-refractivity contribution in [2.75, 3.05) is 0 Å². The first-order valence-electron chi connectivity index (χ1n) is 5.11. The molecule has 2 aromatic rings. The minimum Gasteiger partial charge on any atom is -0.305 e. The van der Waals surface area contributed by atoms with Gasteiger partial charge in [0.2, 0.25) is 0 Å². The Labute approximate surface area is 92.1 Å². The van der Waals surface area contributed by atoms with Gasteiger partial charge in [-0.2, -0.15) is 15.4 Å². The quantitative estimate of drug-likeness (QED) is 0.797. The molecule has 0 atom stereocenters. The molecule has 0 bridgehead atoms. The Kier molecular flexibility index (Phi) is 2.80. The van der Waals surface area contributed by atoms with Gasteiger partial charge in [0.1, 0.15) is 5.69 Å². The second kappa shape index (κ2) is 4.26. The van der Waals surface area contributed by atoms with Gasteiger partial charge in [0, 0.05) is 11.8 Å². The van der Waals surface area contributed by atoms with E-state index in [2.05, 4.69) is 39.2 Å². The monoisotopic (exact) mass is 219 g/mol. The lowest BCUT2D eigenvalue weighted by atomic mass is 10.1. The zero-order valence-corrected chi connectivity index (χ0v) is 9.19. The number of hydrogen-bond acceptors (Lipinski definition) is 4. The lowest BCUT2D eigenvalue weighted by Crippen LogP contribution is -2.11. The van der Waals surface area contributed by atoms with Crippen molar-refractivity contribution in [3.63, 3.8) is 0 Å². The van der Waals surface area contributed by atoms with Crippen LogP contribution in [0.2, 0.25) is 0 Å². The van der Waals surface area contributed by atoms with Crippen LogP contribution in [0.15, 0.2) is 17.1 Å². The number of aromatic amines is 2. The summed E-state index contributed by atoms with van der Waals surface area (Å²) in [5.41, 5.74) is 1.16. The molecule has 0 saturated heterocycles. The fraction of sp³-hybridized carbons (Fsp3) is 0.400. The van der Waals surface area contributed by atoms with E-state index in [1.165, 1.54) is 12.3 Å². The van der Waals surface area contributed by atoms with E-state index >= 15 is 0 Å². The molecule has 0 radical (unpaired) electrons. The van der Waals surface area contributed by atoms with Crippen LogP contribution in [0.1, 0.15) is 19.5 Å². The average molecular weight is 219 g/mol. The van der Waals surface area contributed by atoms with Gasteiger partial charge in [-0.3, -0.25) is 4.79 Å². The van der Waals surface area contributed by atoms with Crippen LogP contribution < -0.4 is 5.56 Å². The molecule has 0 amide bonds. The summed E-state index contributed by atoms with van der Waals surface area (Å²) >= 11 is 0. The number of nitrogens with one attached hydrogen (secondary N) is 2. The van der Waals surface area contributed by atoms with Gasteiger partial charge >= 0.3 is 0 Å². The number of nitrogens with zero attached hydrogens (tertiary/aromatic N) is 3. The van der Waals surface area contributed by atoms with Gasteiger partial charge in [-0.05, 0) is 12.3 Å². The van der Waals surface area contributed by atoms with E-state index < -0.39 is 0 Å². The summed E-state index contributed by atoms with van der Waals surface area (Å²) < 4.78 is 0. The van der Waals surface area contributed by atoms with Crippen molar-refractivity contribution in [3.05, 3.63) is 28.3 Å². The largest absolute Gasteiger partial charge is 0.305 e. The molecular formula is C10H13N5O. The summed E-state index contributed by atoms with van der Waals surface area (Å²) in [5.74, 6) is 0.913. The number of aromatic nitrogens is 5. The summed E-state index contributed by atoms with van der Waals surface area (Å²) in [4.78, 5) is 18.4. The molecule has 0 spiro atoms. The Hall–Kier alpha value is -1.98. The van der Waals surface area contributed by atoms with E-state index in [0.29, 0.717) is 17.4 Å². The summed E-state index contributed by atoms with van der Waals surface area (Å²) in [6.45, 7) is 4.16. The van der Waals surface area contributed by atoms with Crippen molar-refractivity contribution in [3.8, 4) is 11.5 Å². The van der Waals surface area contributed by atoms with Crippen molar-refractivity contribution in [1.82, 2.24) is 25.4 Å². The fourth-order valence-electron chi connectivity index (χ4n) is 1.47. The van der Waals surface area contributed by atoms with Crippen LogP contribution in [-0.2, 0) is 6.42 Å². The van der Waals surface area contributed by atoms with Crippen LogP contribution in [0.5, 0.6) is 0 Å². The molecule has 16 heavy (non-hydrogen) atoms. The first-order valence-corrected chi connectivity index (χ1v) is 5.11. The first-order chi connectivity index (χ1) is 7.65. The Morgan fingerprint density at radius 3 is 2.88 bits per heavy atom. The summed E-state index contributed by atoms with van der Waals surface area (Å²) in [5, 5.41) is 10.0. The van der Waals surface area contributed by atoms with Crippen LogP contribution in [0, 0.1) is 5.92 Å². The van der Waals surface area contributed by atoms with Crippen molar-refractivity contribution < 1.29 is 0 Å². The Bertz CT molecular complexity index is 514. The van der Waals surface area contributed by atoms with Crippen LogP contribution in [0.4, 0.5) is 0 Å². The minimum atomic E-state index is -0.163. The average Bonchev–Trinajstić information content (AvgIpc) is 2.67. The third-order valence-corrected chi connectivity index (χ3v) is 2.07. The van der Waals surface area contributed by atoms with Gasteiger partial charge in [-0.1, -0.05) is 13.8 Å². The smallest absolute Gasteiger partial charge is 0.251 e. The number of H-pyrrole nitrogens is 2. The molecule has 0 aliphatic carbocycles. The van der Waals surface area contributed by atoms with Crippen molar-refractivity contribution in [2.24, 2.45) is 5.92 Å². The van der Waals surface area contributed by atoms with Gasteiger partial charge in [0.25, 0.3) is 5.56 Å². The molecule has 2 heterocycles. The van der Waals surface area contributed by atoms with Gasteiger partial charge in [-0.25, -0.2) is 4.98 Å². The van der Waals surface area contributed by atoms with Gasteiger partial charge in [0.05, 0.1) is 6.20 Å². The Morgan fingerprint density at radius 2 is 2.25 bits per heavy atom. The summed E-state index contributed by atoms with van der Waals surface area (Å²) in [6, 6.07) is 1.52. The standard InChI is InChI=1S/C10H13N5O/c1-6(2)3-7-4-9(16)13-10(12-7)8-5-11-15-14-8/h4-6H,3H2,1-2H3,(H,11,14,15)(H,12,13,16). The van der Waals surface area contributed by atoms with E-state index in [1.54, 1.807) is 0 Å². The third kappa shape index (κ3) is 2.33. The van der Waals surface area contributed by atoms with E-state index in [1.807, 2.05) is 0 Å². The van der Waals surface area contributed by atoms with Crippen LogP contribution >= 0.6 is 0 Å². The normalized spacial score (nSPS) is 10.9. The highest BCUT2D eigenvalue weighted by Crippen LogP contribution is 2.09. The Balaban J connectivity index is 2.40. The molecule has 2 N–H and O–H groups in total. The Morgan fingerprint density at radius 1 is 1.44 bits per heavy atom. The van der Waals surface area contributed by atoms with Crippen LogP contribution in [0.3, 0.4) is 0 Å². The maximum absolute atomic E-state index is 11.4. The van der Waals surface area contributed by atoms with E-state index in [4.69, 9.17) is 0 Å². The third-order valence-electron chi connectivity index (χ3n) is 2.07. The van der Waals surface area contributed by atoms with Crippen LogP contribution in [-0.4, -0.2) is 25.4 Å². The topological polar surface area (TPSA) is 87.3 Å². The predicted octanol–water partition coefficient (Wildman–Crippen LogP) is 0.753. The molecule has 0 unspecified atom stereocenters. The van der Waals surface area contributed by atoms with Gasteiger partial charge in [-0.15, -0.1) is 0 Å². The summed E-state index contributed by atoms with van der Waals surface area (Å²) in [7, 11) is 0. The minimum absolute atomic E-state index is 0.163. The van der Waals surface area contributed by atoms with Crippen molar-refractivity contribution in [1.29, 1.82) is 0 Å². The second-order valence-corrected chi connectivity index (χ2v) is 4.04. The molecule has 0 aliphatic rings. The SMILES string of the molecule is CC(C)Cc1cc(=O)[nH]c(-c2cn[nH]n2)n1. The molecule has 0 saturated carbocycles. The maximum atomic E-state index is 11.4. The van der Waals surface area contributed by atoms with Crippen molar-refractivity contribution in [2.45, 2.75) is 20.3 Å². The van der Waals surface area contributed by atoms with Crippen molar-refractivity contribution >= 4 is 0 Å². The molecule has 2 rings (SSSR count). The van der Waals surface area contributed by atoms with E-state index in [-0.39, 0.29) is 5.56 Å². The summed E-state index contributed by atoms with van der Waals surface area (Å²) in [6.07, 6.45) is 2.30. The predicted molar refractivity (Wildman–Crippen MR) is 58.8 cm³/mol. The van der Waals surface area contributed by atoms with Crippen LogP contribution in [0.25, 0.3) is 11.5 Å². The molecule has 2 aromatic heterocycles. The van der Waals surface area contributed by atoms with E-state index in [0.717, 1.165) is 12.1 Å². The van der Waals surface area contributed by atoms with Gasteiger partial charge in [0.15, 0.2) is 5.82 Å². The lowest BCUT2D eigenvalue weighted by Gasteiger charge is -2.04. The molecule has 0 fully saturated rings. The molecule has 6 nitrogen and oxygen atoms in total. The molecule has 0 aromatic carbocycles.